The minimum Gasteiger partial charge on any atom is -0.334 e. The number of nitrogens with one attached hydrogen (secondary N) is 3. The van der Waals surface area contributed by atoms with Crippen molar-refractivity contribution in [2.24, 2.45) is 0 Å². The van der Waals surface area contributed by atoms with Crippen LogP contribution in [0.3, 0.4) is 0 Å². The fraction of sp³-hybridized carbons (Fsp3) is 0.0526. The van der Waals surface area contributed by atoms with Crippen molar-refractivity contribution in [1.82, 2.24) is 10.3 Å². The van der Waals surface area contributed by atoms with Gasteiger partial charge in [-0.15, -0.1) is 0 Å². The molecule has 3 aromatic rings. The Balaban J connectivity index is 1.59. The highest BCUT2D eigenvalue weighted by atomic mass is 79.9. The Morgan fingerprint density at radius 3 is 2.29 bits per heavy atom. The standard InChI is InChI=1S/C19H17BrN4O3S/c20-15-3-5-17(6-4-15)24-28(26,27)18-9-7-16(8-10-18)23-19(25)22-13-14-2-1-11-21-12-14/h1-12,24H,13H2,(H2,22,23,25). The molecule has 28 heavy (non-hydrogen) atoms. The van der Waals surface area contributed by atoms with Crippen LogP contribution in [-0.2, 0) is 16.6 Å². The number of hydrogen-bond donors (Lipinski definition) is 3. The van der Waals surface area contributed by atoms with E-state index in [4.69, 9.17) is 0 Å². The lowest BCUT2D eigenvalue weighted by atomic mass is 10.3. The molecule has 7 nitrogen and oxygen atoms in total. The van der Waals surface area contributed by atoms with Gasteiger partial charge in [0.05, 0.1) is 4.90 Å². The highest BCUT2D eigenvalue weighted by Gasteiger charge is 2.14. The number of benzene rings is 2. The largest absolute Gasteiger partial charge is 0.334 e. The summed E-state index contributed by atoms with van der Waals surface area (Å²) in [5, 5.41) is 5.36. The predicted octanol–water partition coefficient (Wildman–Crippen LogP) is 3.97. The molecule has 0 spiro atoms. The molecule has 0 saturated carbocycles. The van der Waals surface area contributed by atoms with E-state index >= 15 is 0 Å². The third kappa shape index (κ3) is 5.54. The van der Waals surface area contributed by atoms with Crippen LogP contribution in [0.15, 0.2) is 82.4 Å². The molecule has 2 amide bonds. The summed E-state index contributed by atoms with van der Waals surface area (Å²) in [5.74, 6) is 0. The van der Waals surface area contributed by atoms with E-state index in [9.17, 15) is 13.2 Å². The van der Waals surface area contributed by atoms with Gasteiger partial charge in [-0.1, -0.05) is 22.0 Å². The number of amides is 2. The topological polar surface area (TPSA) is 100 Å². The Morgan fingerprint density at radius 1 is 0.964 bits per heavy atom. The van der Waals surface area contributed by atoms with Crippen molar-refractivity contribution in [1.29, 1.82) is 0 Å². The molecule has 9 heteroatoms. The van der Waals surface area contributed by atoms with Crippen LogP contribution in [0.4, 0.5) is 16.2 Å². The molecule has 0 unspecified atom stereocenters. The molecule has 0 saturated heterocycles. The van der Waals surface area contributed by atoms with Gasteiger partial charge in [-0.2, -0.15) is 0 Å². The van der Waals surface area contributed by atoms with Crippen molar-refractivity contribution < 1.29 is 13.2 Å². The molecular formula is C19H17BrN4O3S. The molecule has 0 atom stereocenters. The molecule has 0 fully saturated rings. The van der Waals surface area contributed by atoms with Crippen LogP contribution in [0.5, 0.6) is 0 Å². The number of nitrogens with zero attached hydrogens (tertiary/aromatic N) is 1. The second kappa shape index (κ2) is 8.85. The molecule has 0 bridgehead atoms. The fourth-order valence-electron chi connectivity index (χ4n) is 2.31. The van der Waals surface area contributed by atoms with E-state index in [1.165, 1.54) is 24.3 Å². The van der Waals surface area contributed by atoms with Gasteiger partial charge in [-0.05, 0) is 60.2 Å². The van der Waals surface area contributed by atoms with Crippen molar-refractivity contribution in [3.8, 4) is 0 Å². The zero-order valence-corrected chi connectivity index (χ0v) is 17.0. The summed E-state index contributed by atoms with van der Waals surface area (Å²) in [6.45, 7) is 0.337. The lowest BCUT2D eigenvalue weighted by Crippen LogP contribution is -2.28. The average Bonchev–Trinajstić information content (AvgIpc) is 2.69. The molecule has 2 aromatic carbocycles. The number of pyridine rings is 1. The van der Waals surface area contributed by atoms with E-state index < -0.39 is 16.1 Å². The van der Waals surface area contributed by atoms with Crippen LogP contribution in [0.1, 0.15) is 5.56 Å². The highest BCUT2D eigenvalue weighted by Crippen LogP contribution is 2.20. The van der Waals surface area contributed by atoms with Crippen LogP contribution in [0, 0.1) is 0 Å². The summed E-state index contributed by atoms with van der Waals surface area (Å²) < 4.78 is 28.3. The maximum atomic E-state index is 12.5. The van der Waals surface area contributed by atoms with E-state index in [1.54, 1.807) is 42.7 Å². The van der Waals surface area contributed by atoms with Crippen molar-refractivity contribution in [2.45, 2.75) is 11.4 Å². The normalized spacial score (nSPS) is 10.9. The first kappa shape index (κ1) is 19.8. The van der Waals surface area contributed by atoms with Gasteiger partial charge >= 0.3 is 6.03 Å². The van der Waals surface area contributed by atoms with E-state index in [0.29, 0.717) is 17.9 Å². The number of rotatable bonds is 6. The first-order valence-electron chi connectivity index (χ1n) is 8.24. The zero-order valence-electron chi connectivity index (χ0n) is 14.6. The Hall–Kier alpha value is -2.91. The third-order valence-electron chi connectivity index (χ3n) is 3.69. The van der Waals surface area contributed by atoms with Crippen LogP contribution in [0.2, 0.25) is 0 Å². The number of anilines is 2. The van der Waals surface area contributed by atoms with E-state index in [-0.39, 0.29) is 4.90 Å². The van der Waals surface area contributed by atoms with Gasteiger partial charge in [-0.3, -0.25) is 9.71 Å². The van der Waals surface area contributed by atoms with Crippen LogP contribution in [-0.4, -0.2) is 19.4 Å². The second-order valence-electron chi connectivity index (χ2n) is 5.81. The summed E-state index contributed by atoms with van der Waals surface area (Å²) in [4.78, 5) is 16.0. The molecule has 1 heterocycles. The number of sulfonamides is 1. The number of hydrogen-bond acceptors (Lipinski definition) is 4. The number of urea groups is 1. The molecule has 0 aliphatic carbocycles. The fourth-order valence-corrected chi connectivity index (χ4v) is 3.63. The van der Waals surface area contributed by atoms with E-state index in [2.05, 4.69) is 36.3 Å². The van der Waals surface area contributed by atoms with Gasteiger partial charge in [0.1, 0.15) is 0 Å². The monoisotopic (exact) mass is 460 g/mol. The van der Waals surface area contributed by atoms with Crippen molar-refractivity contribution in [3.63, 3.8) is 0 Å². The summed E-state index contributed by atoms with van der Waals surface area (Å²) in [6.07, 6.45) is 3.32. The molecule has 144 valence electrons. The van der Waals surface area contributed by atoms with Gasteiger partial charge in [0.2, 0.25) is 0 Å². The van der Waals surface area contributed by atoms with Gasteiger partial charge in [0, 0.05) is 34.8 Å². The maximum absolute atomic E-state index is 12.5. The average molecular weight is 461 g/mol. The van der Waals surface area contributed by atoms with E-state index in [1.807, 2.05) is 6.07 Å². The Kier molecular flexibility index (Phi) is 6.27. The Bertz CT molecular complexity index is 1040. The highest BCUT2D eigenvalue weighted by molar-refractivity contribution is 9.10. The Morgan fingerprint density at radius 2 is 1.64 bits per heavy atom. The molecule has 3 N–H and O–H groups in total. The zero-order chi connectivity index (χ0) is 20.0. The third-order valence-corrected chi connectivity index (χ3v) is 5.62. The number of carbonyl (C=O) groups is 1. The van der Waals surface area contributed by atoms with Gasteiger partial charge < -0.3 is 10.6 Å². The maximum Gasteiger partial charge on any atom is 0.319 e. The minimum atomic E-state index is -3.72. The van der Waals surface area contributed by atoms with Gasteiger partial charge in [-0.25, -0.2) is 13.2 Å². The molecule has 3 rings (SSSR count). The van der Waals surface area contributed by atoms with Gasteiger partial charge in [0.15, 0.2) is 0 Å². The summed E-state index contributed by atoms with van der Waals surface area (Å²) in [6, 6.07) is 16.0. The van der Waals surface area contributed by atoms with Crippen LogP contribution in [0.25, 0.3) is 0 Å². The van der Waals surface area contributed by atoms with Crippen LogP contribution >= 0.6 is 15.9 Å². The molecular weight excluding hydrogens is 444 g/mol. The van der Waals surface area contributed by atoms with Crippen molar-refractivity contribution in [2.75, 3.05) is 10.0 Å². The smallest absolute Gasteiger partial charge is 0.319 e. The van der Waals surface area contributed by atoms with Crippen LogP contribution < -0.4 is 15.4 Å². The Labute approximate surface area is 171 Å². The number of carbonyl (C=O) groups excluding carboxylic acids is 1. The number of aromatic nitrogens is 1. The molecule has 0 aliphatic heterocycles. The van der Waals surface area contributed by atoms with Crippen molar-refractivity contribution >= 4 is 43.4 Å². The predicted molar refractivity (Wildman–Crippen MR) is 111 cm³/mol. The lowest BCUT2D eigenvalue weighted by Gasteiger charge is -2.10. The second-order valence-corrected chi connectivity index (χ2v) is 8.40. The molecule has 1 aromatic heterocycles. The first-order chi connectivity index (χ1) is 13.4. The van der Waals surface area contributed by atoms with Crippen molar-refractivity contribution in [3.05, 3.63) is 83.1 Å². The van der Waals surface area contributed by atoms with E-state index in [0.717, 1.165) is 10.0 Å². The molecule has 0 aliphatic rings. The lowest BCUT2D eigenvalue weighted by molar-refractivity contribution is 0.251. The van der Waals surface area contributed by atoms with Gasteiger partial charge in [0.25, 0.3) is 10.0 Å². The SMILES string of the molecule is O=C(NCc1cccnc1)Nc1ccc(S(=O)(=O)Nc2ccc(Br)cc2)cc1. The minimum absolute atomic E-state index is 0.0942. The summed E-state index contributed by atoms with van der Waals surface area (Å²) in [7, 11) is -3.72. The number of halogens is 1. The summed E-state index contributed by atoms with van der Waals surface area (Å²) >= 11 is 3.30. The first-order valence-corrected chi connectivity index (χ1v) is 10.5. The quantitative estimate of drug-likeness (QED) is 0.517. The summed E-state index contributed by atoms with van der Waals surface area (Å²) in [5.41, 5.74) is 1.81. The molecule has 0 radical (unpaired) electrons.